The number of fused-ring (bicyclic) bond motifs is 1. The van der Waals surface area contributed by atoms with Crippen LogP contribution in [0.2, 0.25) is 0 Å². The van der Waals surface area contributed by atoms with Crippen molar-refractivity contribution in [2.24, 2.45) is 0 Å². The zero-order valence-electron chi connectivity index (χ0n) is 17.7. The maximum atomic E-state index is 14.9. The smallest absolute Gasteiger partial charge is 0.300 e. The first-order valence-corrected chi connectivity index (χ1v) is 10.4. The zero-order valence-corrected chi connectivity index (χ0v) is 17.7. The van der Waals surface area contributed by atoms with Crippen LogP contribution in [0, 0.1) is 17.1 Å². The lowest BCUT2D eigenvalue weighted by atomic mass is 9.94. The number of Topliss-reactive ketones (excluding diaryl/α,β-unsaturated/α-hetero) is 1. The van der Waals surface area contributed by atoms with Crippen molar-refractivity contribution in [2.75, 3.05) is 18.1 Å². The minimum absolute atomic E-state index is 0.0464. The van der Waals surface area contributed by atoms with E-state index in [-0.39, 0.29) is 22.4 Å². The highest BCUT2D eigenvalue weighted by atomic mass is 19.1. The van der Waals surface area contributed by atoms with Gasteiger partial charge >= 0.3 is 0 Å². The maximum Gasteiger partial charge on any atom is 0.300 e. The number of anilines is 1. The van der Waals surface area contributed by atoms with Crippen LogP contribution >= 0.6 is 0 Å². The molecular weight excluding hydrogens is 439 g/mol. The highest BCUT2D eigenvalue weighted by Gasteiger charge is 2.47. The molecule has 1 atom stereocenters. The molecule has 8 heteroatoms. The fourth-order valence-electron chi connectivity index (χ4n) is 4.13. The summed E-state index contributed by atoms with van der Waals surface area (Å²) in [5.74, 6) is -2.09. The molecule has 2 heterocycles. The van der Waals surface area contributed by atoms with Gasteiger partial charge in [0, 0.05) is 16.8 Å². The molecule has 7 nitrogen and oxygen atoms in total. The number of hydrogen-bond donors (Lipinski definition) is 1. The lowest BCUT2D eigenvalue weighted by Crippen LogP contribution is -2.29. The van der Waals surface area contributed by atoms with Crippen molar-refractivity contribution in [3.63, 3.8) is 0 Å². The molecule has 0 aromatic heterocycles. The molecular formula is C26H17FN2O5. The van der Waals surface area contributed by atoms with Gasteiger partial charge in [-0.1, -0.05) is 18.2 Å². The van der Waals surface area contributed by atoms with Crippen molar-refractivity contribution >= 4 is 23.1 Å². The number of ether oxygens (including phenoxy) is 2. The van der Waals surface area contributed by atoms with Gasteiger partial charge < -0.3 is 14.6 Å². The Kier molecular flexibility index (Phi) is 5.22. The number of carbonyl (C=O) groups excluding carboxylic acids is 2. The van der Waals surface area contributed by atoms with Crippen molar-refractivity contribution in [3.05, 3.63) is 94.8 Å². The Labute approximate surface area is 193 Å². The summed E-state index contributed by atoms with van der Waals surface area (Å²) >= 11 is 0. The first kappa shape index (κ1) is 21.2. The number of nitriles is 1. The molecule has 0 radical (unpaired) electrons. The molecule has 2 aliphatic rings. The third kappa shape index (κ3) is 3.44. The predicted molar refractivity (Wildman–Crippen MR) is 120 cm³/mol. The summed E-state index contributed by atoms with van der Waals surface area (Å²) in [4.78, 5) is 27.4. The quantitative estimate of drug-likeness (QED) is 0.362. The van der Waals surface area contributed by atoms with Crippen LogP contribution < -0.4 is 14.4 Å². The molecule has 3 aromatic carbocycles. The van der Waals surface area contributed by atoms with Crippen LogP contribution in [0.25, 0.3) is 5.76 Å². The Hall–Kier alpha value is -4.64. The first-order chi connectivity index (χ1) is 16.5. The van der Waals surface area contributed by atoms with Gasteiger partial charge in [0.2, 0.25) is 0 Å². The van der Waals surface area contributed by atoms with E-state index in [2.05, 4.69) is 0 Å². The van der Waals surface area contributed by atoms with Crippen LogP contribution in [-0.2, 0) is 9.59 Å². The normalized spacial score (nSPS) is 18.6. The molecule has 0 bridgehead atoms. The number of ketones is 1. The number of rotatable bonds is 3. The summed E-state index contributed by atoms with van der Waals surface area (Å²) in [5.41, 5.74) is 0.666. The SMILES string of the molecule is N#Cc1ccc(N2C(=O)C(=O)/C(=C(/O)c3ccc4c(c3)OCCO4)C2c2ccccc2F)cc1. The summed E-state index contributed by atoms with van der Waals surface area (Å²) in [7, 11) is 0. The van der Waals surface area contributed by atoms with Crippen molar-refractivity contribution < 1.29 is 28.6 Å². The Balaban J connectivity index is 1.70. The van der Waals surface area contributed by atoms with E-state index in [1.807, 2.05) is 6.07 Å². The van der Waals surface area contributed by atoms with E-state index in [9.17, 15) is 19.1 Å². The highest BCUT2D eigenvalue weighted by Crippen LogP contribution is 2.43. The minimum Gasteiger partial charge on any atom is -0.507 e. The lowest BCUT2D eigenvalue weighted by molar-refractivity contribution is -0.132. The van der Waals surface area contributed by atoms with Gasteiger partial charge in [0.1, 0.15) is 24.8 Å². The molecule has 168 valence electrons. The van der Waals surface area contributed by atoms with Crippen LogP contribution in [0.3, 0.4) is 0 Å². The molecule has 34 heavy (non-hydrogen) atoms. The summed E-state index contributed by atoms with van der Waals surface area (Å²) in [6.45, 7) is 0.719. The summed E-state index contributed by atoms with van der Waals surface area (Å²) in [5, 5.41) is 20.3. The van der Waals surface area contributed by atoms with Crippen molar-refractivity contribution in [1.82, 2.24) is 0 Å². The van der Waals surface area contributed by atoms with Gasteiger partial charge in [0.25, 0.3) is 11.7 Å². The van der Waals surface area contributed by atoms with Gasteiger partial charge in [-0.15, -0.1) is 0 Å². The van der Waals surface area contributed by atoms with E-state index < -0.39 is 29.3 Å². The standard InChI is InChI=1S/C26H17FN2O5/c27-19-4-2-1-3-18(19)23-22(24(30)16-7-10-20-21(13-16)34-12-11-33-20)25(31)26(32)29(23)17-8-5-15(14-28)6-9-17/h1-10,13,23,30H,11-12H2/b24-22+. The second-order valence-electron chi connectivity index (χ2n) is 7.71. The van der Waals surface area contributed by atoms with E-state index in [0.717, 1.165) is 4.90 Å². The van der Waals surface area contributed by atoms with Gasteiger partial charge in [-0.25, -0.2) is 4.39 Å². The van der Waals surface area contributed by atoms with Gasteiger partial charge in [-0.3, -0.25) is 14.5 Å². The second-order valence-corrected chi connectivity index (χ2v) is 7.71. The first-order valence-electron chi connectivity index (χ1n) is 10.4. The largest absolute Gasteiger partial charge is 0.507 e. The third-order valence-corrected chi connectivity index (χ3v) is 5.73. The van der Waals surface area contributed by atoms with Crippen LogP contribution in [0.5, 0.6) is 11.5 Å². The highest BCUT2D eigenvalue weighted by molar-refractivity contribution is 6.51. The molecule has 1 N–H and O–H groups in total. The number of aliphatic hydroxyl groups excluding tert-OH is 1. The van der Waals surface area contributed by atoms with Gasteiger partial charge in [-0.2, -0.15) is 5.26 Å². The average Bonchev–Trinajstić information content (AvgIpc) is 3.13. The second kappa shape index (κ2) is 8.37. The Morgan fingerprint density at radius 3 is 2.41 bits per heavy atom. The number of nitrogens with zero attached hydrogens (tertiary/aromatic N) is 2. The molecule has 2 aliphatic heterocycles. The number of amides is 1. The van der Waals surface area contributed by atoms with E-state index >= 15 is 0 Å². The number of halogens is 1. The fraction of sp³-hybridized carbons (Fsp3) is 0.115. The summed E-state index contributed by atoms with van der Waals surface area (Å²) < 4.78 is 26.0. The Bertz CT molecular complexity index is 1390. The molecule has 3 aromatic rings. The van der Waals surface area contributed by atoms with E-state index in [1.54, 1.807) is 12.1 Å². The molecule has 1 fully saturated rings. The summed E-state index contributed by atoms with van der Waals surface area (Å²) in [6, 6.07) is 17.2. The molecule has 0 aliphatic carbocycles. The molecule has 1 unspecified atom stereocenters. The monoisotopic (exact) mass is 456 g/mol. The Morgan fingerprint density at radius 1 is 1.00 bits per heavy atom. The number of hydrogen-bond acceptors (Lipinski definition) is 6. The predicted octanol–water partition coefficient (Wildman–Crippen LogP) is 4.09. The van der Waals surface area contributed by atoms with Crippen LogP contribution in [-0.4, -0.2) is 30.0 Å². The molecule has 1 amide bonds. The Morgan fingerprint density at radius 2 is 1.71 bits per heavy atom. The van der Waals surface area contributed by atoms with Crippen LogP contribution in [0.15, 0.2) is 72.3 Å². The fourth-order valence-corrected chi connectivity index (χ4v) is 4.13. The van der Waals surface area contributed by atoms with Crippen LogP contribution in [0.4, 0.5) is 10.1 Å². The maximum absolute atomic E-state index is 14.9. The molecule has 0 spiro atoms. The van der Waals surface area contributed by atoms with Crippen molar-refractivity contribution in [1.29, 1.82) is 5.26 Å². The zero-order chi connectivity index (χ0) is 23.8. The van der Waals surface area contributed by atoms with E-state index in [1.165, 1.54) is 54.6 Å². The van der Waals surface area contributed by atoms with Gasteiger partial charge in [0.05, 0.1) is 23.2 Å². The number of carbonyl (C=O) groups is 2. The third-order valence-electron chi connectivity index (χ3n) is 5.73. The molecule has 5 rings (SSSR count). The number of aliphatic hydroxyl groups is 1. The van der Waals surface area contributed by atoms with Crippen LogP contribution in [0.1, 0.15) is 22.7 Å². The lowest BCUT2D eigenvalue weighted by Gasteiger charge is -2.26. The van der Waals surface area contributed by atoms with Crippen molar-refractivity contribution in [3.8, 4) is 17.6 Å². The van der Waals surface area contributed by atoms with Crippen molar-refractivity contribution in [2.45, 2.75) is 6.04 Å². The van der Waals surface area contributed by atoms with E-state index in [0.29, 0.717) is 30.3 Å². The molecule has 1 saturated heterocycles. The number of benzene rings is 3. The minimum atomic E-state index is -1.22. The van der Waals surface area contributed by atoms with Gasteiger partial charge in [0.15, 0.2) is 11.5 Å². The van der Waals surface area contributed by atoms with Gasteiger partial charge in [-0.05, 0) is 48.5 Å². The molecule has 0 saturated carbocycles. The topological polar surface area (TPSA) is 99.9 Å². The average molecular weight is 456 g/mol. The summed E-state index contributed by atoms with van der Waals surface area (Å²) in [6.07, 6.45) is 0. The van der Waals surface area contributed by atoms with E-state index in [4.69, 9.17) is 14.7 Å².